The molecule has 1 nitrogen and oxygen atoms in total. The molecule has 3 rings (SSSR count). The van der Waals surface area contributed by atoms with Crippen molar-refractivity contribution in [2.24, 2.45) is 0 Å². The van der Waals surface area contributed by atoms with Crippen LogP contribution in [0, 0.1) is 6.92 Å². The molecule has 0 fully saturated rings. The van der Waals surface area contributed by atoms with E-state index in [0.717, 1.165) is 22.6 Å². The topological polar surface area (TPSA) is 11.3 Å². The molecule has 27 heavy (non-hydrogen) atoms. The zero-order valence-corrected chi connectivity index (χ0v) is 17.7. The molecule has 0 aliphatic carbocycles. The van der Waals surface area contributed by atoms with Crippen molar-refractivity contribution < 1.29 is 4.42 Å². The molecule has 0 amide bonds. The highest BCUT2D eigenvalue weighted by atomic mass is 16.3. The highest BCUT2D eigenvalue weighted by molar-refractivity contribution is 5.64. The lowest BCUT2D eigenvalue weighted by atomic mass is 9.86. The molecule has 0 aliphatic heterocycles. The van der Waals surface area contributed by atoms with Crippen molar-refractivity contribution in [2.45, 2.75) is 59.3 Å². The second kappa shape index (κ2) is 6.96. The smallest absolute Gasteiger partial charge is 0.207 e. The summed E-state index contributed by atoms with van der Waals surface area (Å²) >= 11 is 0. The van der Waals surface area contributed by atoms with Crippen LogP contribution in [-0.2, 0) is 10.8 Å². The van der Waals surface area contributed by atoms with Gasteiger partial charge >= 0.3 is 11.5 Å². The van der Waals surface area contributed by atoms with E-state index in [1.165, 1.54) is 16.7 Å². The van der Waals surface area contributed by atoms with Crippen molar-refractivity contribution in [1.82, 2.24) is 0 Å². The Hall–Kier alpha value is -2.41. The summed E-state index contributed by atoms with van der Waals surface area (Å²) in [6.07, 6.45) is 0. The Balaban J connectivity index is 1.97. The fourth-order valence-electron chi connectivity index (χ4n) is 3.19. The van der Waals surface area contributed by atoms with Crippen molar-refractivity contribution in [2.75, 3.05) is 0 Å². The van der Waals surface area contributed by atoms with Crippen LogP contribution in [0.15, 0.2) is 65.1 Å². The lowest BCUT2D eigenvalue weighted by molar-refractivity contribution is 0.577. The zero-order valence-electron chi connectivity index (χ0n) is 17.7. The Morgan fingerprint density at radius 2 is 0.889 bits per heavy atom. The van der Waals surface area contributed by atoms with Gasteiger partial charge in [0.1, 0.15) is 0 Å². The minimum Gasteiger partial charge on any atom is -0.207 e. The molecule has 0 bridgehead atoms. The maximum atomic E-state index is 6.28. The monoisotopic (exact) mass is 359 g/mol. The zero-order chi connectivity index (χ0) is 19.8. The lowest BCUT2D eigenvalue weighted by Crippen LogP contribution is -2.10. The third-order valence-electron chi connectivity index (χ3n) is 5.01. The normalized spacial score (nSPS) is 12.3. The molecule has 3 aromatic rings. The van der Waals surface area contributed by atoms with Gasteiger partial charge in [0, 0.05) is 12.1 Å². The van der Waals surface area contributed by atoms with E-state index >= 15 is 0 Å². The Morgan fingerprint density at radius 1 is 0.556 bits per heavy atom. The van der Waals surface area contributed by atoms with Gasteiger partial charge in [-0.2, -0.15) is 0 Å². The molecule has 0 N–H and O–H groups in total. The van der Waals surface area contributed by atoms with Gasteiger partial charge in [-0.15, -0.1) is 0 Å². The molecule has 0 aliphatic rings. The fraction of sp³-hybridized carbons (Fsp3) is 0.346. The second-order valence-corrected chi connectivity index (χ2v) is 9.52. The van der Waals surface area contributed by atoms with Crippen LogP contribution >= 0.6 is 0 Å². The van der Waals surface area contributed by atoms with Crippen LogP contribution < -0.4 is 0 Å². The van der Waals surface area contributed by atoms with E-state index in [0.29, 0.717) is 0 Å². The van der Waals surface area contributed by atoms with E-state index in [-0.39, 0.29) is 10.8 Å². The Kier molecular flexibility index (Phi) is 4.99. The summed E-state index contributed by atoms with van der Waals surface area (Å²) in [5.74, 6) is 1.82. The summed E-state index contributed by atoms with van der Waals surface area (Å²) < 4.78 is 6.28. The van der Waals surface area contributed by atoms with Crippen LogP contribution in [0.4, 0.5) is 0 Å². The molecular formula is C26H31O+. The molecule has 0 spiro atoms. The molecule has 1 heteroatoms. The first-order valence-electron chi connectivity index (χ1n) is 9.71. The molecule has 0 unspecified atom stereocenters. The summed E-state index contributed by atoms with van der Waals surface area (Å²) in [5, 5.41) is 0. The van der Waals surface area contributed by atoms with Gasteiger partial charge in [0.15, 0.2) is 0 Å². The summed E-state index contributed by atoms with van der Waals surface area (Å²) in [4.78, 5) is 0. The van der Waals surface area contributed by atoms with E-state index in [1.807, 2.05) is 0 Å². The quantitative estimate of drug-likeness (QED) is 0.425. The van der Waals surface area contributed by atoms with Gasteiger partial charge in [-0.3, -0.25) is 0 Å². The predicted molar refractivity (Wildman–Crippen MR) is 116 cm³/mol. The molecular weight excluding hydrogens is 328 g/mol. The van der Waals surface area contributed by atoms with Crippen LogP contribution in [0.1, 0.15) is 58.2 Å². The minimum absolute atomic E-state index is 0.155. The Labute approximate surface area is 164 Å². The molecule has 2 aromatic carbocycles. The first kappa shape index (κ1) is 19.4. The van der Waals surface area contributed by atoms with E-state index in [1.54, 1.807) is 0 Å². The van der Waals surface area contributed by atoms with Gasteiger partial charge in [-0.1, -0.05) is 65.8 Å². The van der Waals surface area contributed by atoms with Crippen molar-refractivity contribution in [3.05, 3.63) is 77.4 Å². The fourth-order valence-corrected chi connectivity index (χ4v) is 3.19. The highest BCUT2D eigenvalue weighted by Gasteiger charge is 2.21. The predicted octanol–water partition coefficient (Wildman–Crippen LogP) is 7.80. The van der Waals surface area contributed by atoms with Crippen molar-refractivity contribution in [3.8, 4) is 22.6 Å². The van der Waals surface area contributed by atoms with Crippen molar-refractivity contribution in [3.63, 3.8) is 0 Å². The van der Waals surface area contributed by atoms with E-state index in [2.05, 4.69) is 109 Å². The minimum atomic E-state index is 0.155. The standard InChI is InChI=1S/C26H31O/c1-18-16-23(19-8-12-21(13-9-19)25(2,3)4)27-24(17-18)20-10-14-22(15-11-20)26(5,6)7/h8-17H,1-7H3/q+1. The van der Waals surface area contributed by atoms with E-state index in [9.17, 15) is 0 Å². The van der Waals surface area contributed by atoms with Crippen molar-refractivity contribution in [1.29, 1.82) is 0 Å². The van der Waals surface area contributed by atoms with Crippen LogP contribution in [-0.4, -0.2) is 0 Å². The summed E-state index contributed by atoms with van der Waals surface area (Å²) in [6.45, 7) is 15.5. The molecule has 1 aromatic heterocycles. The number of aryl methyl sites for hydroxylation is 1. The molecule has 0 saturated carbocycles. The SMILES string of the molecule is Cc1cc(-c2ccc(C(C)(C)C)cc2)[o+]c(-c2ccc(C(C)(C)C)cc2)c1. The Morgan fingerprint density at radius 3 is 1.19 bits per heavy atom. The van der Waals surface area contributed by atoms with Gasteiger partial charge in [-0.25, -0.2) is 4.42 Å². The van der Waals surface area contributed by atoms with Gasteiger partial charge in [-0.05, 0) is 58.7 Å². The van der Waals surface area contributed by atoms with Gasteiger partial charge < -0.3 is 0 Å². The molecule has 1 heterocycles. The van der Waals surface area contributed by atoms with E-state index < -0.39 is 0 Å². The van der Waals surface area contributed by atoms with E-state index in [4.69, 9.17) is 4.42 Å². The average Bonchev–Trinajstić information content (AvgIpc) is 2.60. The third kappa shape index (κ3) is 4.47. The number of hydrogen-bond acceptors (Lipinski definition) is 0. The number of rotatable bonds is 2. The van der Waals surface area contributed by atoms with Gasteiger partial charge in [0.25, 0.3) is 0 Å². The molecule has 140 valence electrons. The maximum Gasteiger partial charge on any atom is 0.361 e. The van der Waals surface area contributed by atoms with Crippen LogP contribution in [0.5, 0.6) is 0 Å². The summed E-state index contributed by atoms with van der Waals surface area (Å²) in [5.41, 5.74) is 6.39. The van der Waals surface area contributed by atoms with Crippen LogP contribution in [0.3, 0.4) is 0 Å². The molecule has 0 atom stereocenters. The average molecular weight is 360 g/mol. The van der Waals surface area contributed by atoms with Crippen molar-refractivity contribution >= 4 is 0 Å². The first-order valence-corrected chi connectivity index (χ1v) is 9.71. The summed E-state index contributed by atoms with van der Waals surface area (Å²) in [6, 6.07) is 21.7. The number of hydrogen-bond donors (Lipinski definition) is 0. The molecule has 0 radical (unpaired) electrons. The molecule has 0 saturated heterocycles. The summed E-state index contributed by atoms with van der Waals surface area (Å²) in [7, 11) is 0. The Bertz CT molecular complexity index is 842. The largest absolute Gasteiger partial charge is 0.361 e. The van der Waals surface area contributed by atoms with Gasteiger partial charge in [0.05, 0.1) is 11.1 Å². The first-order chi connectivity index (χ1) is 12.5. The maximum absolute atomic E-state index is 6.28. The van der Waals surface area contributed by atoms with Gasteiger partial charge in [0.2, 0.25) is 0 Å². The highest BCUT2D eigenvalue weighted by Crippen LogP contribution is 2.31. The van der Waals surface area contributed by atoms with Crippen LogP contribution in [0.2, 0.25) is 0 Å². The van der Waals surface area contributed by atoms with Crippen LogP contribution in [0.25, 0.3) is 22.6 Å². The second-order valence-electron chi connectivity index (χ2n) is 9.52. The third-order valence-corrected chi connectivity index (χ3v) is 5.01. The number of benzene rings is 2. The lowest BCUT2D eigenvalue weighted by Gasteiger charge is -2.18.